The van der Waals surface area contributed by atoms with E-state index in [2.05, 4.69) is 20.1 Å². The van der Waals surface area contributed by atoms with Crippen LogP contribution in [0.15, 0.2) is 54.6 Å². The van der Waals surface area contributed by atoms with E-state index in [-0.39, 0.29) is 5.75 Å². The SMILES string of the molecule is FC(F)(F)Oc1ccc(-c2ccc3c(ccc4n[nH]nc43)c2)cc1. The van der Waals surface area contributed by atoms with Crippen LogP contribution in [-0.2, 0) is 0 Å². The number of nitrogens with one attached hydrogen (secondary N) is 1. The molecule has 1 aromatic heterocycles. The van der Waals surface area contributed by atoms with Gasteiger partial charge in [-0.2, -0.15) is 15.4 Å². The van der Waals surface area contributed by atoms with Crippen LogP contribution < -0.4 is 4.74 Å². The van der Waals surface area contributed by atoms with Gasteiger partial charge < -0.3 is 4.74 Å². The summed E-state index contributed by atoms with van der Waals surface area (Å²) in [6.45, 7) is 0. The summed E-state index contributed by atoms with van der Waals surface area (Å²) in [4.78, 5) is 0. The van der Waals surface area contributed by atoms with Gasteiger partial charge in [0.1, 0.15) is 16.8 Å². The molecule has 120 valence electrons. The fourth-order valence-corrected chi connectivity index (χ4v) is 2.67. The highest BCUT2D eigenvalue weighted by molar-refractivity contribution is 6.04. The summed E-state index contributed by atoms with van der Waals surface area (Å²) in [5.74, 6) is -0.239. The lowest BCUT2D eigenvalue weighted by molar-refractivity contribution is -0.274. The van der Waals surface area contributed by atoms with Gasteiger partial charge in [0.2, 0.25) is 0 Å². The van der Waals surface area contributed by atoms with Crippen LogP contribution in [0.3, 0.4) is 0 Å². The number of nitrogens with zero attached hydrogens (tertiary/aromatic N) is 2. The van der Waals surface area contributed by atoms with Gasteiger partial charge in [-0.3, -0.25) is 0 Å². The van der Waals surface area contributed by atoms with E-state index in [9.17, 15) is 13.2 Å². The van der Waals surface area contributed by atoms with Crippen LogP contribution in [0.5, 0.6) is 5.75 Å². The van der Waals surface area contributed by atoms with Gasteiger partial charge in [0.15, 0.2) is 0 Å². The van der Waals surface area contributed by atoms with Crippen LogP contribution in [-0.4, -0.2) is 21.8 Å². The van der Waals surface area contributed by atoms with E-state index >= 15 is 0 Å². The topological polar surface area (TPSA) is 50.8 Å². The van der Waals surface area contributed by atoms with E-state index in [1.165, 1.54) is 12.1 Å². The lowest BCUT2D eigenvalue weighted by atomic mass is 10.0. The maximum absolute atomic E-state index is 12.2. The number of ether oxygens (including phenoxy) is 1. The zero-order chi connectivity index (χ0) is 16.7. The predicted molar refractivity (Wildman–Crippen MR) is 83.5 cm³/mol. The number of aromatic amines is 1. The Morgan fingerprint density at radius 1 is 0.833 bits per heavy atom. The Hall–Kier alpha value is -3.09. The summed E-state index contributed by atoms with van der Waals surface area (Å²) in [5, 5.41) is 12.7. The molecule has 0 aliphatic rings. The van der Waals surface area contributed by atoms with Crippen molar-refractivity contribution in [3.63, 3.8) is 0 Å². The number of aromatic nitrogens is 3. The summed E-state index contributed by atoms with van der Waals surface area (Å²) in [7, 11) is 0. The number of hydrogen-bond donors (Lipinski definition) is 1. The second-order valence-corrected chi connectivity index (χ2v) is 5.26. The van der Waals surface area contributed by atoms with Crippen molar-refractivity contribution < 1.29 is 17.9 Å². The van der Waals surface area contributed by atoms with Crippen LogP contribution in [0.4, 0.5) is 13.2 Å². The largest absolute Gasteiger partial charge is 0.573 e. The number of alkyl halides is 3. The van der Waals surface area contributed by atoms with Crippen molar-refractivity contribution in [2.45, 2.75) is 6.36 Å². The molecule has 0 bridgehead atoms. The molecule has 7 heteroatoms. The third kappa shape index (κ3) is 2.64. The highest BCUT2D eigenvalue weighted by Gasteiger charge is 2.30. The molecule has 1 N–H and O–H groups in total. The summed E-state index contributed by atoms with van der Waals surface area (Å²) in [5.41, 5.74) is 3.26. The summed E-state index contributed by atoms with van der Waals surface area (Å²) >= 11 is 0. The third-order valence-electron chi connectivity index (χ3n) is 3.72. The molecular weight excluding hydrogens is 319 g/mol. The molecule has 0 atom stereocenters. The quantitative estimate of drug-likeness (QED) is 0.581. The Balaban J connectivity index is 1.72. The smallest absolute Gasteiger partial charge is 0.406 e. The van der Waals surface area contributed by atoms with Gasteiger partial charge in [0.25, 0.3) is 0 Å². The second kappa shape index (κ2) is 5.23. The van der Waals surface area contributed by atoms with E-state index in [0.717, 1.165) is 32.9 Å². The van der Waals surface area contributed by atoms with Gasteiger partial charge in [-0.1, -0.05) is 30.3 Å². The number of benzene rings is 3. The highest BCUT2D eigenvalue weighted by atomic mass is 19.4. The van der Waals surface area contributed by atoms with Crippen molar-refractivity contribution in [1.29, 1.82) is 0 Å². The summed E-state index contributed by atoms with van der Waals surface area (Å²) in [6, 6.07) is 15.4. The highest BCUT2D eigenvalue weighted by Crippen LogP contribution is 2.30. The molecule has 0 radical (unpaired) electrons. The van der Waals surface area contributed by atoms with Crippen molar-refractivity contribution in [3.05, 3.63) is 54.6 Å². The molecule has 4 aromatic rings. The first kappa shape index (κ1) is 14.5. The molecule has 0 aliphatic heterocycles. The normalized spacial score (nSPS) is 12.0. The maximum atomic E-state index is 12.2. The standard InChI is InChI=1S/C17H10F3N3O/c18-17(19,20)24-13-5-1-10(2-6-13)11-3-7-14-12(9-11)4-8-15-16(14)22-23-21-15/h1-9H,(H,21,22,23). The zero-order valence-electron chi connectivity index (χ0n) is 12.1. The minimum absolute atomic E-state index is 0.239. The second-order valence-electron chi connectivity index (χ2n) is 5.26. The molecule has 4 nitrogen and oxygen atoms in total. The van der Waals surface area contributed by atoms with Gasteiger partial charge in [0.05, 0.1) is 0 Å². The van der Waals surface area contributed by atoms with Crippen molar-refractivity contribution in [3.8, 4) is 16.9 Å². The molecule has 0 fully saturated rings. The van der Waals surface area contributed by atoms with Gasteiger partial charge in [-0.05, 0) is 40.8 Å². The van der Waals surface area contributed by atoms with Crippen LogP contribution in [0.25, 0.3) is 32.9 Å². The van der Waals surface area contributed by atoms with Crippen molar-refractivity contribution in [1.82, 2.24) is 15.4 Å². The van der Waals surface area contributed by atoms with Gasteiger partial charge >= 0.3 is 6.36 Å². The van der Waals surface area contributed by atoms with Gasteiger partial charge in [-0.25, -0.2) is 0 Å². The Bertz CT molecular complexity index is 1020. The Morgan fingerprint density at radius 3 is 2.33 bits per heavy atom. The average Bonchev–Trinajstić information content (AvgIpc) is 3.02. The van der Waals surface area contributed by atoms with Crippen LogP contribution in [0.1, 0.15) is 0 Å². The molecule has 0 saturated carbocycles. The van der Waals surface area contributed by atoms with E-state index in [0.29, 0.717) is 0 Å². The molecule has 1 heterocycles. The number of hydrogen-bond acceptors (Lipinski definition) is 3. The van der Waals surface area contributed by atoms with E-state index in [1.54, 1.807) is 12.1 Å². The number of halogens is 3. The number of rotatable bonds is 2. The van der Waals surface area contributed by atoms with Crippen LogP contribution >= 0.6 is 0 Å². The molecule has 0 unspecified atom stereocenters. The lowest BCUT2D eigenvalue weighted by Crippen LogP contribution is -2.16. The first-order chi connectivity index (χ1) is 11.5. The molecule has 0 spiro atoms. The lowest BCUT2D eigenvalue weighted by Gasteiger charge is -2.09. The van der Waals surface area contributed by atoms with Crippen molar-refractivity contribution in [2.24, 2.45) is 0 Å². The van der Waals surface area contributed by atoms with E-state index < -0.39 is 6.36 Å². The fraction of sp³-hybridized carbons (Fsp3) is 0.0588. The van der Waals surface area contributed by atoms with E-state index in [4.69, 9.17) is 0 Å². The van der Waals surface area contributed by atoms with Crippen LogP contribution in [0, 0.1) is 0 Å². The van der Waals surface area contributed by atoms with E-state index in [1.807, 2.05) is 30.3 Å². The minimum Gasteiger partial charge on any atom is -0.406 e. The monoisotopic (exact) mass is 329 g/mol. The summed E-state index contributed by atoms with van der Waals surface area (Å²) < 4.78 is 40.5. The number of fused-ring (bicyclic) bond motifs is 3. The zero-order valence-corrected chi connectivity index (χ0v) is 12.1. The Morgan fingerprint density at radius 2 is 1.58 bits per heavy atom. The molecule has 0 amide bonds. The van der Waals surface area contributed by atoms with Gasteiger partial charge in [0, 0.05) is 5.39 Å². The van der Waals surface area contributed by atoms with Gasteiger partial charge in [-0.15, -0.1) is 13.2 Å². The molecule has 4 rings (SSSR count). The Kier molecular flexibility index (Phi) is 3.16. The first-order valence-corrected chi connectivity index (χ1v) is 7.09. The molecule has 24 heavy (non-hydrogen) atoms. The molecular formula is C17H10F3N3O. The van der Waals surface area contributed by atoms with Crippen LogP contribution in [0.2, 0.25) is 0 Å². The minimum atomic E-state index is -4.69. The summed E-state index contributed by atoms with van der Waals surface area (Å²) in [6.07, 6.45) is -4.69. The first-order valence-electron chi connectivity index (χ1n) is 7.09. The maximum Gasteiger partial charge on any atom is 0.573 e. The molecule has 0 saturated heterocycles. The van der Waals surface area contributed by atoms with Crippen molar-refractivity contribution >= 4 is 21.8 Å². The van der Waals surface area contributed by atoms with Crippen molar-refractivity contribution in [2.75, 3.05) is 0 Å². The molecule has 0 aliphatic carbocycles. The fourth-order valence-electron chi connectivity index (χ4n) is 2.67. The average molecular weight is 329 g/mol. The predicted octanol–water partition coefficient (Wildman–Crippen LogP) is 4.68. The number of H-pyrrole nitrogens is 1. The molecule has 3 aromatic carbocycles. The Labute approximate surface area is 133 Å². The third-order valence-corrected chi connectivity index (χ3v) is 3.72.